The molecule has 74 heavy (non-hydrogen) atoms. The lowest BCUT2D eigenvalue weighted by atomic mass is 9.77. The van der Waals surface area contributed by atoms with Crippen LogP contribution in [-0.4, -0.2) is 173 Å². The molecule has 0 spiro atoms. The Balaban J connectivity index is 0.000000165. The second-order valence-electron chi connectivity index (χ2n) is 20.4. The second kappa shape index (κ2) is 23.7. The Morgan fingerprint density at radius 2 is 1.26 bits per heavy atom. The quantitative estimate of drug-likeness (QED) is 0.0734. The van der Waals surface area contributed by atoms with E-state index < -0.39 is 36.7 Å². The van der Waals surface area contributed by atoms with Gasteiger partial charge in [0.1, 0.15) is 18.0 Å². The summed E-state index contributed by atoms with van der Waals surface area (Å²) in [5, 5.41) is 0.135. The normalized spacial score (nSPS) is 21.9. The van der Waals surface area contributed by atoms with Crippen LogP contribution in [0, 0.1) is 0 Å². The molecule has 0 saturated carbocycles. The van der Waals surface area contributed by atoms with E-state index in [-0.39, 0.29) is 74.7 Å². The predicted octanol–water partition coefficient (Wildman–Crippen LogP) is 6.08. The average Bonchev–Trinajstić information content (AvgIpc) is 4.09. The molecule has 5 aliphatic rings. The molecule has 0 aliphatic carbocycles. The van der Waals surface area contributed by atoms with Crippen LogP contribution >= 0.6 is 11.6 Å². The number of alkyl halides is 4. The Bertz CT molecular complexity index is 2550. The number of nitrogens with two attached hydrogens (primary N) is 1. The number of rotatable bonds is 12. The SMILES string of the molecule is CC1(C)COCCN1c1nc(Cl)nc(OC2CCOC2)n1.CC1(C)COCCN1c1nc(OC2CCOC2)nc(-c2cnc(N)cc2C(F)F)n1.CN(C)C=Nc1cc(C(F)F)c(B2OC(C)(C)C(C)(C)O2)cn1. The number of ether oxygens (including phenoxy) is 6. The summed E-state index contributed by atoms with van der Waals surface area (Å²) in [5.41, 5.74) is 3.67. The number of aliphatic imine (C=N–C) groups is 1. The number of nitrogens with zero attached hydrogens (tertiary/aromatic N) is 12. The van der Waals surface area contributed by atoms with Crippen molar-refractivity contribution in [2.75, 3.05) is 95.6 Å². The third-order valence-electron chi connectivity index (χ3n) is 12.8. The zero-order valence-corrected chi connectivity index (χ0v) is 44.1. The topological polar surface area (TPSA) is 225 Å². The number of aromatic nitrogens is 8. The Morgan fingerprint density at radius 1 is 0.716 bits per heavy atom. The summed E-state index contributed by atoms with van der Waals surface area (Å²) in [6.45, 7) is 21.4. The van der Waals surface area contributed by atoms with Gasteiger partial charge < -0.3 is 58.2 Å². The number of hydrogen-bond acceptors (Lipinski definition) is 20. The first kappa shape index (κ1) is 56.4. The molecular weight excluding hydrogens is 997 g/mol. The summed E-state index contributed by atoms with van der Waals surface area (Å²) in [5.74, 6) is 1.13. The van der Waals surface area contributed by atoms with Gasteiger partial charge >= 0.3 is 19.1 Å². The predicted molar refractivity (Wildman–Crippen MR) is 268 cm³/mol. The van der Waals surface area contributed by atoms with Crippen molar-refractivity contribution in [3.05, 3.63) is 40.9 Å². The van der Waals surface area contributed by atoms with Crippen LogP contribution in [0.1, 0.15) is 92.2 Å². The van der Waals surface area contributed by atoms with Gasteiger partial charge in [-0.15, -0.1) is 0 Å². The first-order chi connectivity index (χ1) is 34.9. The van der Waals surface area contributed by atoms with Crippen LogP contribution in [0.25, 0.3) is 11.4 Å². The summed E-state index contributed by atoms with van der Waals surface area (Å²) in [6, 6.07) is 2.71. The van der Waals surface area contributed by atoms with Crippen molar-refractivity contribution >= 4 is 54.1 Å². The Kier molecular flexibility index (Phi) is 18.0. The van der Waals surface area contributed by atoms with E-state index in [2.05, 4.69) is 63.6 Å². The van der Waals surface area contributed by atoms with E-state index >= 15 is 0 Å². The number of hydrogen-bond donors (Lipinski definition) is 1. The van der Waals surface area contributed by atoms with Crippen molar-refractivity contribution in [2.45, 2.75) is 116 Å². The fraction of sp³-hybridized carbons (Fsp3) is 0.638. The van der Waals surface area contributed by atoms with E-state index in [4.69, 9.17) is 55.1 Å². The van der Waals surface area contributed by atoms with E-state index in [1.807, 2.05) is 46.4 Å². The van der Waals surface area contributed by atoms with E-state index in [1.54, 1.807) is 19.0 Å². The molecule has 9 rings (SSSR count). The third kappa shape index (κ3) is 14.1. The summed E-state index contributed by atoms with van der Waals surface area (Å²) in [6.07, 6.45) is -0.00887. The molecular formula is C47H65BClF4N13O8. The second-order valence-corrected chi connectivity index (χ2v) is 20.8. The van der Waals surface area contributed by atoms with Gasteiger partial charge in [-0.1, -0.05) is 0 Å². The highest BCUT2D eigenvalue weighted by atomic mass is 35.5. The molecule has 2 atom stereocenters. The number of halogens is 5. The molecule has 2 N–H and O–H groups in total. The van der Waals surface area contributed by atoms with Crippen LogP contribution in [0.4, 0.5) is 41.1 Å². The van der Waals surface area contributed by atoms with E-state index in [9.17, 15) is 17.6 Å². The number of nitrogen functional groups attached to an aromatic ring is 1. The van der Waals surface area contributed by atoms with Crippen molar-refractivity contribution < 1.29 is 55.3 Å². The monoisotopic (exact) mass is 1060 g/mol. The number of morpholine rings is 2. The first-order valence-electron chi connectivity index (χ1n) is 24.2. The van der Waals surface area contributed by atoms with Crippen LogP contribution in [0.3, 0.4) is 0 Å². The lowest BCUT2D eigenvalue weighted by Gasteiger charge is -2.42. The molecule has 0 radical (unpaired) electrons. The van der Waals surface area contributed by atoms with Crippen LogP contribution in [0.15, 0.2) is 29.5 Å². The standard InChI is InChI=1S/C19H24F2N6O3.C15H22BF2N3O2.C13H19ClN4O3/c1-19(2)10-29-6-4-27(19)17-24-16(13-8-23-14(22)7-12(13)15(20)21)25-18(26-17)30-11-3-5-28-9-11;1-14(2)15(3,4)23-16(22-14)11-8-19-12(20-9-21(5)6)7-10(11)13(17)18;1-13(2)8-20-6-4-18(13)11-15-10(14)16-12(17-11)21-9-3-5-19-7-9/h7-8,11,15H,3-6,9-10H2,1-2H3,(H2,22,23);7-9,13H,1-6H3;9H,3-8H2,1-2H3. The van der Waals surface area contributed by atoms with Crippen molar-refractivity contribution in [1.29, 1.82) is 0 Å². The number of pyridine rings is 2. The molecule has 0 amide bonds. The van der Waals surface area contributed by atoms with Crippen LogP contribution in [-0.2, 0) is 28.3 Å². The largest absolute Gasteiger partial charge is 0.496 e. The molecule has 5 fully saturated rings. The minimum atomic E-state index is -2.77. The molecule has 2 unspecified atom stereocenters. The Labute approximate surface area is 433 Å². The lowest BCUT2D eigenvalue weighted by Crippen LogP contribution is -2.54. The fourth-order valence-electron chi connectivity index (χ4n) is 8.03. The molecule has 21 nitrogen and oxygen atoms in total. The summed E-state index contributed by atoms with van der Waals surface area (Å²) >= 11 is 6.02. The molecule has 9 heterocycles. The van der Waals surface area contributed by atoms with Crippen molar-refractivity contribution in [3.63, 3.8) is 0 Å². The zero-order valence-electron chi connectivity index (χ0n) is 43.4. The Hall–Kier alpha value is -5.38. The smallest absolute Gasteiger partial charge is 0.457 e. The molecule has 5 aliphatic heterocycles. The van der Waals surface area contributed by atoms with Gasteiger partial charge in [0.2, 0.25) is 17.2 Å². The van der Waals surface area contributed by atoms with Crippen molar-refractivity contribution in [1.82, 2.24) is 44.8 Å². The van der Waals surface area contributed by atoms with Gasteiger partial charge in [-0.2, -0.15) is 29.9 Å². The zero-order chi connectivity index (χ0) is 53.6. The molecule has 4 aromatic heterocycles. The molecule has 5 saturated heterocycles. The molecule has 4 aromatic rings. The average molecular weight is 1060 g/mol. The molecule has 0 bridgehead atoms. The van der Waals surface area contributed by atoms with Crippen molar-refractivity contribution in [3.8, 4) is 23.4 Å². The van der Waals surface area contributed by atoms with Crippen LogP contribution in [0.2, 0.25) is 5.28 Å². The summed E-state index contributed by atoms with van der Waals surface area (Å²) in [7, 11) is 2.70. The highest BCUT2D eigenvalue weighted by Gasteiger charge is 2.53. The van der Waals surface area contributed by atoms with Crippen LogP contribution in [0.5, 0.6) is 12.0 Å². The highest BCUT2D eigenvalue weighted by molar-refractivity contribution is 6.62. The van der Waals surface area contributed by atoms with Gasteiger partial charge in [-0.25, -0.2) is 32.5 Å². The van der Waals surface area contributed by atoms with Gasteiger partial charge in [0.05, 0.1) is 81.5 Å². The maximum absolute atomic E-state index is 13.7. The van der Waals surface area contributed by atoms with Crippen LogP contribution < -0.4 is 30.5 Å². The van der Waals surface area contributed by atoms with Gasteiger partial charge in [0, 0.05) is 74.6 Å². The minimum absolute atomic E-state index is 0.00257. The van der Waals surface area contributed by atoms with Gasteiger partial charge in [-0.05, 0) is 79.1 Å². The summed E-state index contributed by atoms with van der Waals surface area (Å²) in [4.78, 5) is 43.8. The fourth-order valence-corrected chi connectivity index (χ4v) is 8.18. The lowest BCUT2D eigenvalue weighted by molar-refractivity contribution is 0.00578. The van der Waals surface area contributed by atoms with Gasteiger partial charge in [-0.3, -0.25) is 0 Å². The maximum atomic E-state index is 13.7. The van der Waals surface area contributed by atoms with Gasteiger partial charge in [0.25, 0.3) is 12.9 Å². The van der Waals surface area contributed by atoms with E-state index in [0.29, 0.717) is 84.3 Å². The highest BCUT2D eigenvalue weighted by Crippen LogP contribution is 2.38. The van der Waals surface area contributed by atoms with Crippen molar-refractivity contribution in [2.24, 2.45) is 4.99 Å². The minimum Gasteiger partial charge on any atom is -0.457 e. The third-order valence-corrected chi connectivity index (χ3v) is 13.0. The van der Waals surface area contributed by atoms with E-state index in [1.165, 1.54) is 24.8 Å². The molecule has 404 valence electrons. The molecule has 0 aromatic carbocycles. The molecule has 27 heteroatoms. The first-order valence-corrected chi connectivity index (χ1v) is 24.5. The Morgan fingerprint density at radius 3 is 1.76 bits per heavy atom. The van der Waals surface area contributed by atoms with Gasteiger partial charge in [0.15, 0.2) is 11.6 Å². The summed E-state index contributed by atoms with van der Waals surface area (Å²) < 4.78 is 99.2. The van der Waals surface area contributed by atoms with E-state index in [0.717, 1.165) is 12.5 Å². The maximum Gasteiger partial charge on any atom is 0.496 e. The number of anilines is 3.